The number of hydrogen-bond donors (Lipinski definition) is 2. The van der Waals surface area contributed by atoms with Gasteiger partial charge in [-0.25, -0.2) is 9.97 Å². The van der Waals surface area contributed by atoms with E-state index in [2.05, 4.69) is 20.6 Å². The quantitative estimate of drug-likeness (QED) is 0.591. The molecule has 3 rings (SSSR count). The third kappa shape index (κ3) is 5.30. The van der Waals surface area contributed by atoms with Gasteiger partial charge in [0.15, 0.2) is 0 Å². The maximum absolute atomic E-state index is 12.7. The van der Waals surface area contributed by atoms with Gasteiger partial charge in [-0.2, -0.15) is 11.8 Å². The number of aromatic nitrogens is 2. The summed E-state index contributed by atoms with van der Waals surface area (Å²) in [5.74, 6) is 0.202. The van der Waals surface area contributed by atoms with Crippen LogP contribution in [-0.2, 0) is 11.3 Å². The monoisotopic (exact) mass is 414 g/mol. The van der Waals surface area contributed by atoms with Crippen molar-refractivity contribution in [2.75, 3.05) is 12.0 Å². The number of carbonyl (C=O) groups excluding carboxylic acids is 2. The second kappa shape index (κ2) is 9.66. The number of benzene rings is 1. The number of fused-ring (bicyclic) bond motifs is 1. The molecule has 0 fully saturated rings. The summed E-state index contributed by atoms with van der Waals surface area (Å²) < 4.78 is 0. The number of carbonyl (C=O) groups is 2. The first-order valence-electron chi connectivity index (χ1n) is 8.91. The van der Waals surface area contributed by atoms with E-state index in [1.807, 2.05) is 48.9 Å². The van der Waals surface area contributed by atoms with Gasteiger partial charge < -0.3 is 10.6 Å². The molecule has 0 saturated carbocycles. The number of nitrogens with one attached hydrogen (secondary N) is 2. The molecule has 0 saturated heterocycles. The number of thioether (sulfide) groups is 1. The van der Waals surface area contributed by atoms with E-state index in [1.165, 1.54) is 11.3 Å². The van der Waals surface area contributed by atoms with Crippen LogP contribution in [0.2, 0.25) is 0 Å². The van der Waals surface area contributed by atoms with Crippen LogP contribution in [0.1, 0.15) is 27.6 Å². The predicted molar refractivity (Wildman–Crippen MR) is 115 cm³/mol. The summed E-state index contributed by atoms with van der Waals surface area (Å²) in [6.45, 7) is 2.27. The molecule has 8 heteroatoms. The molecule has 1 atom stereocenters. The first kappa shape index (κ1) is 20.3. The summed E-state index contributed by atoms with van der Waals surface area (Å²) in [5.41, 5.74) is 1.99. The fourth-order valence-corrected chi connectivity index (χ4v) is 3.88. The molecule has 0 radical (unpaired) electrons. The Balaban J connectivity index is 1.67. The predicted octanol–water partition coefficient (Wildman–Crippen LogP) is 3.17. The van der Waals surface area contributed by atoms with E-state index >= 15 is 0 Å². The van der Waals surface area contributed by atoms with Crippen molar-refractivity contribution < 1.29 is 9.59 Å². The molecule has 2 amide bonds. The minimum absolute atomic E-state index is 0.212. The van der Waals surface area contributed by atoms with Gasteiger partial charge >= 0.3 is 0 Å². The van der Waals surface area contributed by atoms with Crippen LogP contribution in [0.25, 0.3) is 10.9 Å². The lowest BCUT2D eigenvalue weighted by Crippen LogP contribution is -2.47. The SMILES string of the molecule is CSCC[C@H](NC(=O)c1ccc2ccccc2n1)C(=O)NCc1nc(C)cs1. The number of amides is 2. The second-order valence-electron chi connectivity index (χ2n) is 6.30. The Labute approximate surface area is 172 Å². The molecule has 0 aliphatic carbocycles. The van der Waals surface area contributed by atoms with Crippen molar-refractivity contribution in [3.63, 3.8) is 0 Å². The van der Waals surface area contributed by atoms with Crippen molar-refractivity contribution in [2.24, 2.45) is 0 Å². The van der Waals surface area contributed by atoms with E-state index < -0.39 is 6.04 Å². The lowest BCUT2D eigenvalue weighted by Gasteiger charge is -2.17. The highest BCUT2D eigenvalue weighted by atomic mass is 32.2. The first-order chi connectivity index (χ1) is 13.6. The van der Waals surface area contributed by atoms with E-state index in [0.717, 1.165) is 27.4 Å². The van der Waals surface area contributed by atoms with Crippen molar-refractivity contribution in [3.8, 4) is 0 Å². The number of para-hydroxylation sites is 1. The Hall–Kier alpha value is -2.45. The molecule has 0 unspecified atom stereocenters. The van der Waals surface area contributed by atoms with E-state index in [-0.39, 0.29) is 11.8 Å². The zero-order valence-electron chi connectivity index (χ0n) is 15.8. The summed E-state index contributed by atoms with van der Waals surface area (Å²) >= 11 is 3.14. The number of pyridine rings is 1. The Morgan fingerprint density at radius 3 is 2.75 bits per heavy atom. The molecular formula is C20H22N4O2S2. The van der Waals surface area contributed by atoms with Gasteiger partial charge in [0.1, 0.15) is 16.7 Å². The molecule has 6 nitrogen and oxygen atoms in total. The summed E-state index contributed by atoms with van der Waals surface area (Å²) in [5, 5.41) is 9.46. The highest BCUT2D eigenvalue weighted by Crippen LogP contribution is 2.12. The minimum Gasteiger partial charge on any atom is -0.348 e. The number of rotatable bonds is 8. The smallest absolute Gasteiger partial charge is 0.270 e. The topological polar surface area (TPSA) is 84.0 Å². The minimum atomic E-state index is -0.616. The van der Waals surface area contributed by atoms with E-state index in [1.54, 1.807) is 17.8 Å². The zero-order chi connectivity index (χ0) is 19.9. The maximum Gasteiger partial charge on any atom is 0.270 e. The van der Waals surface area contributed by atoms with Gasteiger partial charge in [0.25, 0.3) is 5.91 Å². The molecule has 0 aliphatic heterocycles. The molecule has 0 spiro atoms. The van der Waals surface area contributed by atoms with Crippen LogP contribution >= 0.6 is 23.1 Å². The van der Waals surface area contributed by atoms with Crippen molar-refractivity contribution in [2.45, 2.75) is 25.9 Å². The van der Waals surface area contributed by atoms with Gasteiger partial charge in [-0.05, 0) is 37.5 Å². The maximum atomic E-state index is 12.7. The Morgan fingerprint density at radius 1 is 1.18 bits per heavy atom. The summed E-state index contributed by atoms with van der Waals surface area (Å²) in [6, 6.07) is 10.5. The van der Waals surface area contributed by atoms with Crippen LogP contribution < -0.4 is 10.6 Å². The standard InChI is InChI=1S/C20H22N4O2S2/c1-13-12-28-18(22-13)11-21-19(25)17(9-10-27-2)24-20(26)16-8-7-14-5-3-4-6-15(14)23-16/h3-8,12,17H,9-11H2,1-2H3,(H,21,25)(H,24,26)/t17-/m0/s1. The molecule has 1 aromatic carbocycles. The number of aryl methyl sites for hydroxylation is 1. The largest absolute Gasteiger partial charge is 0.348 e. The summed E-state index contributed by atoms with van der Waals surface area (Å²) in [6.07, 6.45) is 2.52. The Kier molecular flexibility index (Phi) is 7.00. The van der Waals surface area contributed by atoms with Crippen LogP contribution in [0.15, 0.2) is 41.8 Å². The van der Waals surface area contributed by atoms with Gasteiger partial charge in [-0.3, -0.25) is 9.59 Å². The Bertz CT molecular complexity index is 974. The summed E-state index contributed by atoms with van der Waals surface area (Å²) in [7, 11) is 0. The Morgan fingerprint density at radius 2 is 2.00 bits per heavy atom. The third-order valence-electron chi connectivity index (χ3n) is 4.14. The van der Waals surface area contributed by atoms with Crippen molar-refractivity contribution in [1.82, 2.24) is 20.6 Å². The highest BCUT2D eigenvalue weighted by Gasteiger charge is 2.22. The molecule has 0 aliphatic rings. The van der Waals surface area contributed by atoms with Crippen LogP contribution in [0, 0.1) is 6.92 Å². The van der Waals surface area contributed by atoms with Gasteiger partial charge in [-0.15, -0.1) is 11.3 Å². The van der Waals surface area contributed by atoms with E-state index in [0.29, 0.717) is 18.7 Å². The number of hydrogen-bond acceptors (Lipinski definition) is 6. The molecule has 2 N–H and O–H groups in total. The summed E-state index contributed by atoms with van der Waals surface area (Å²) in [4.78, 5) is 34.1. The van der Waals surface area contributed by atoms with E-state index in [9.17, 15) is 9.59 Å². The van der Waals surface area contributed by atoms with Gasteiger partial charge in [0.05, 0.1) is 12.1 Å². The number of nitrogens with zero attached hydrogens (tertiary/aromatic N) is 2. The fraction of sp³-hybridized carbons (Fsp3) is 0.300. The average Bonchev–Trinajstić information content (AvgIpc) is 3.13. The second-order valence-corrected chi connectivity index (χ2v) is 8.23. The zero-order valence-corrected chi connectivity index (χ0v) is 17.4. The molecule has 3 aromatic rings. The lowest BCUT2D eigenvalue weighted by molar-refractivity contribution is -0.123. The van der Waals surface area contributed by atoms with E-state index in [4.69, 9.17) is 0 Å². The van der Waals surface area contributed by atoms with Gasteiger partial charge in [0, 0.05) is 16.5 Å². The molecular weight excluding hydrogens is 392 g/mol. The highest BCUT2D eigenvalue weighted by molar-refractivity contribution is 7.98. The van der Waals surface area contributed by atoms with Crippen LogP contribution in [0.4, 0.5) is 0 Å². The van der Waals surface area contributed by atoms with Crippen LogP contribution in [0.5, 0.6) is 0 Å². The molecule has 28 heavy (non-hydrogen) atoms. The fourth-order valence-electron chi connectivity index (χ4n) is 2.70. The number of thiazole rings is 1. The van der Waals surface area contributed by atoms with Crippen molar-refractivity contribution >= 4 is 45.8 Å². The molecule has 2 aromatic heterocycles. The van der Waals surface area contributed by atoms with Crippen LogP contribution in [-0.4, -0.2) is 39.8 Å². The van der Waals surface area contributed by atoms with Crippen molar-refractivity contribution in [1.29, 1.82) is 0 Å². The molecule has 0 bridgehead atoms. The lowest BCUT2D eigenvalue weighted by atomic mass is 10.1. The molecule has 146 valence electrons. The first-order valence-corrected chi connectivity index (χ1v) is 11.2. The van der Waals surface area contributed by atoms with Gasteiger partial charge in [0.2, 0.25) is 5.91 Å². The normalized spacial score (nSPS) is 11.9. The van der Waals surface area contributed by atoms with Gasteiger partial charge in [-0.1, -0.05) is 24.3 Å². The molecule has 2 heterocycles. The average molecular weight is 415 g/mol. The third-order valence-corrected chi connectivity index (χ3v) is 5.75. The van der Waals surface area contributed by atoms with Crippen molar-refractivity contribution in [3.05, 3.63) is 58.2 Å². The van der Waals surface area contributed by atoms with Crippen LogP contribution in [0.3, 0.4) is 0 Å².